The number of sulfonamides is 1. The molecule has 0 spiro atoms. The molecule has 150 valence electrons. The van der Waals surface area contributed by atoms with E-state index in [2.05, 4.69) is 5.32 Å². The molecule has 0 saturated carbocycles. The van der Waals surface area contributed by atoms with Crippen LogP contribution >= 0.6 is 0 Å². The zero-order valence-electron chi connectivity index (χ0n) is 16.6. The van der Waals surface area contributed by atoms with Gasteiger partial charge in [-0.05, 0) is 55.5 Å². The lowest BCUT2D eigenvalue weighted by molar-refractivity contribution is 0.0950. The van der Waals surface area contributed by atoms with Crippen molar-refractivity contribution in [2.75, 3.05) is 13.1 Å². The van der Waals surface area contributed by atoms with E-state index >= 15 is 0 Å². The Hall–Kier alpha value is -2.18. The van der Waals surface area contributed by atoms with Gasteiger partial charge in [-0.3, -0.25) is 4.79 Å². The monoisotopic (exact) mass is 400 g/mol. The molecule has 1 fully saturated rings. The maximum Gasteiger partial charge on any atom is 0.251 e. The largest absolute Gasteiger partial charge is 0.348 e. The van der Waals surface area contributed by atoms with Gasteiger partial charge in [0.25, 0.3) is 5.91 Å². The third-order valence-corrected chi connectivity index (χ3v) is 7.25. The van der Waals surface area contributed by atoms with Gasteiger partial charge in [-0.15, -0.1) is 0 Å². The van der Waals surface area contributed by atoms with E-state index in [0.29, 0.717) is 25.2 Å². The van der Waals surface area contributed by atoms with Crippen molar-refractivity contribution in [3.05, 3.63) is 64.7 Å². The van der Waals surface area contributed by atoms with E-state index in [1.54, 1.807) is 16.4 Å². The van der Waals surface area contributed by atoms with Crippen LogP contribution in [0.15, 0.2) is 47.4 Å². The highest BCUT2D eigenvalue weighted by Crippen LogP contribution is 2.22. The second kappa shape index (κ2) is 8.88. The van der Waals surface area contributed by atoms with E-state index in [1.165, 1.54) is 6.07 Å². The average molecular weight is 401 g/mol. The number of carbonyl (C=O) groups is 1. The molecule has 0 unspecified atom stereocenters. The number of benzene rings is 2. The van der Waals surface area contributed by atoms with Gasteiger partial charge in [0.1, 0.15) is 0 Å². The highest BCUT2D eigenvalue weighted by Gasteiger charge is 2.26. The van der Waals surface area contributed by atoms with Crippen molar-refractivity contribution in [3.63, 3.8) is 0 Å². The van der Waals surface area contributed by atoms with Crippen molar-refractivity contribution in [1.29, 1.82) is 0 Å². The van der Waals surface area contributed by atoms with Crippen molar-refractivity contribution in [2.45, 2.75) is 51.0 Å². The lowest BCUT2D eigenvalue weighted by Gasteiger charge is -2.20. The van der Waals surface area contributed by atoms with E-state index in [0.717, 1.165) is 42.4 Å². The number of nitrogens with one attached hydrogen (secondary N) is 1. The molecule has 0 aliphatic carbocycles. The Morgan fingerprint density at radius 3 is 2.32 bits per heavy atom. The molecule has 2 aromatic rings. The summed E-state index contributed by atoms with van der Waals surface area (Å²) < 4.78 is 27.6. The molecule has 2 aromatic carbocycles. The van der Waals surface area contributed by atoms with Gasteiger partial charge < -0.3 is 5.32 Å². The quantitative estimate of drug-likeness (QED) is 0.830. The van der Waals surface area contributed by atoms with Gasteiger partial charge in [-0.1, -0.05) is 43.2 Å². The summed E-state index contributed by atoms with van der Waals surface area (Å²) in [5.74, 6) is -0.256. The second-order valence-electron chi connectivity index (χ2n) is 7.40. The topological polar surface area (TPSA) is 66.5 Å². The van der Waals surface area contributed by atoms with Crippen LogP contribution < -0.4 is 5.32 Å². The molecule has 0 aromatic heterocycles. The number of aryl methyl sites for hydroxylation is 2. The summed E-state index contributed by atoms with van der Waals surface area (Å²) >= 11 is 0. The van der Waals surface area contributed by atoms with Crippen molar-refractivity contribution >= 4 is 15.9 Å². The lowest BCUT2D eigenvalue weighted by atomic mass is 10.1. The van der Waals surface area contributed by atoms with Crippen molar-refractivity contribution in [1.82, 2.24) is 9.62 Å². The predicted molar refractivity (Wildman–Crippen MR) is 111 cm³/mol. The van der Waals surface area contributed by atoms with Gasteiger partial charge in [0.15, 0.2) is 0 Å². The molecular weight excluding hydrogens is 372 g/mol. The number of carbonyl (C=O) groups excluding carboxylic acids is 1. The first-order valence-corrected chi connectivity index (χ1v) is 11.3. The van der Waals surface area contributed by atoms with Crippen LogP contribution in [0.25, 0.3) is 0 Å². The molecule has 1 N–H and O–H groups in total. The Morgan fingerprint density at radius 2 is 1.64 bits per heavy atom. The fourth-order valence-corrected chi connectivity index (χ4v) is 5.06. The molecule has 3 rings (SSSR count). The Morgan fingerprint density at radius 1 is 0.964 bits per heavy atom. The highest BCUT2D eigenvalue weighted by molar-refractivity contribution is 7.89. The summed E-state index contributed by atoms with van der Waals surface area (Å²) in [6.07, 6.45) is 3.89. The molecule has 5 nitrogen and oxygen atoms in total. The summed E-state index contributed by atoms with van der Waals surface area (Å²) in [5, 5.41) is 2.92. The van der Waals surface area contributed by atoms with Crippen LogP contribution in [0.1, 0.15) is 52.7 Å². The van der Waals surface area contributed by atoms with Crippen LogP contribution in [-0.4, -0.2) is 31.7 Å². The van der Waals surface area contributed by atoms with Crippen LogP contribution in [0.4, 0.5) is 0 Å². The minimum absolute atomic E-state index is 0.195. The Bertz CT molecular complexity index is 946. The maximum atomic E-state index is 13.0. The second-order valence-corrected chi connectivity index (χ2v) is 9.34. The number of nitrogens with zero attached hydrogens (tertiary/aromatic N) is 1. The van der Waals surface area contributed by atoms with Gasteiger partial charge in [0.05, 0.1) is 4.90 Å². The zero-order valence-corrected chi connectivity index (χ0v) is 17.4. The number of rotatable bonds is 5. The molecule has 28 heavy (non-hydrogen) atoms. The van der Waals surface area contributed by atoms with Gasteiger partial charge in [-0.2, -0.15) is 4.31 Å². The summed E-state index contributed by atoms with van der Waals surface area (Å²) in [5.41, 5.74) is 3.32. The molecule has 0 bridgehead atoms. The van der Waals surface area contributed by atoms with Crippen molar-refractivity contribution in [2.24, 2.45) is 0 Å². The molecule has 1 aliphatic heterocycles. The number of hydrogen-bond donors (Lipinski definition) is 1. The van der Waals surface area contributed by atoms with E-state index in [4.69, 9.17) is 0 Å². The van der Waals surface area contributed by atoms with Gasteiger partial charge >= 0.3 is 0 Å². The summed E-state index contributed by atoms with van der Waals surface area (Å²) in [6, 6.07) is 12.7. The third kappa shape index (κ3) is 4.62. The van der Waals surface area contributed by atoms with E-state index < -0.39 is 10.0 Å². The molecule has 0 radical (unpaired) electrons. The maximum absolute atomic E-state index is 13.0. The molecule has 1 aliphatic rings. The number of amides is 1. The van der Waals surface area contributed by atoms with Crippen LogP contribution in [0.3, 0.4) is 0 Å². The Kier molecular flexibility index (Phi) is 6.52. The Balaban J connectivity index is 1.80. The molecule has 1 amide bonds. The van der Waals surface area contributed by atoms with E-state index in [9.17, 15) is 13.2 Å². The van der Waals surface area contributed by atoms with Crippen LogP contribution in [-0.2, 0) is 16.6 Å². The molecular formula is C22H28N2O3S. The zero-order chi connectivity index (χ0) is 20.1. The minimum Gasteiger partial charge on any atom is -0.348 e. The van der Waals surface area contributed by atoms with Crippen LogP contribution in [0.5, 0.6) is 0 Å². The average Bonchev–Trinajstić information content (AvgIpc) is 2.97. The van der Waals surface area contributed by atoms with Gasteiger partial charge in [-0.25, -0.2) is 8.42 Å². The van der Waals surface area contributed by atoms with Crippen molar-refractivity contribution < 1.29 is 13.2 Å². The summed E-state index contributed by atoms with van der Waals surface area (Å²) in [4.78, 5) is 12.9. The van der Waals surface area contributed by atoms with Crippen molar-refractivity contribution in [3.8, 4) is 0 Å². The third-order valence-electron chi connectivity index (χ3n) is 5.36. The van der Waals surface area contributed by atoms with E-state index in [-0.39, 0.29) is 10.8 Å². The predicted octanol–water partition coefficient (Wildman–Crippen LogP) is 3.80. The van der Waals surface area contributed by atoms with Gasteiger partial charge in [0, 0.05) is 25.2 Å². The smallest absolute Gasteiger partial charge is 0.251 e. The fraction of sp³-hybridized carbons (Fsp3) is 0.409. The highest BCUT2D eigenvalue weighted by atomic mass is 32.2. The number of hydrogen-bond acceptors (Lipinski definition) is 3. The molecule has 1 saturated heterocycles. The summed E-state index contributed by atoms with van der Waals surface area (Å²) in [7, 11) is -3.58. The van der Waals surface area contributed by atoms with Gasteiger partial charge in [0.2, 0.25) is 10.0 Å². The molecule has 1 heterocycles. The van der Waals surface area contributed by atoms with E-state index in [1.807, 2.05) is 38.1 Å². The molecule has 0 atom stereocenters. The lowest BCUT2D eigenvalue weighted by Crippen LogP contribution is -2.32. The first kappa shape index (κ1) is 20.6. The normalized spacial score (nSPS) is 15.8. The fourth-order valence-electron chi connectivity index (χ4n) is 3.52. The summed E-state index contributed by atoms with van der Waals surface area (Å²) in [6.45, 7) is 5.33. The minimum atomic E-state index is -3.58. The van der Waals surface area contributed by atoms with Crippen LogP contribution in [0, 0.1) is 13.8 Å². The Labute approximate surface area is 167 Å². The molecule has 6 heteroatoms. The standard InChI is InChI=1S/C22H28N2O3S/c1-17-9-5-6-10-19(17)16-23-22(25)21-15-20(12-11-18(21)2)28(26,27)24-13-7-3-4-8-14-24/h5-6,9-12,15H,3-4,7-8,13-14,16H2,1-2H3,(H,23,25). The van der Waals surface area contributed by atoms with Crippen LogP contribution in [0.2, 0.25) is 0 Å². The first-order valence-electron chi connectivity index (χ1n) is 9.83. The SMILES string of the molecule is Cc1ccccc1CNC(=O)c1cc(S(=O)(=O)N2CCCCCC2)ccc1C. The first-order chi connectivity index (χ1) is 13.4.